The monoisotopic (exact) mass is 200 g/mol. The first-order chi connectivity index (χ1) is 6.52. The average molecular weight is 200 g/mol. The molecule has 1 aliphatic heterocycles. The molecule has 14 heavy (non-hydrogen) atoms. The van der Waals surface area contributed by atoms with Crippen molar-refractivity contribution in [2.24, 2.45) is 5.92 Å². The Hall–Kier alpha value is -0.120. The van der Waals surface area contributed by atoms with E-state index < -0.39 is 0 Å². The third-order valence-corrected chi connectivity index (χ3v) is 3.04. The summed E-state index contributed by atoms with van der Waals surface area (Å²) in [5.41, 5.74) is 0. The maximum Gasteiger partial charge on any atom is 0.0635 e. The summed E-state index contributed by atoms with van der Waals surface area (Å²) < 4.78 is 5.66. The van der Waals surface area contributed by atoms with E-state index in [1.54, 1.807) is 0 Å². The Morgan fingerprint density at radius 1 is 1.36 bits per heavy atom. The van der Waals surface area contributed by atoms with Crippen molar-refractivity contribution in [3.63, 3.8) is 0 Å². The number of hydrogen-bond donors (Lipinski definition) is 0. The number of ether oxygens (including phenoxy) is 1. The molecule has 0 aromatic heterocycles. The molecule has 84 valence electrons. The van der Waals surface area contributed by atoms with Crippen LogP contribution in [0.1, 0.15) is 13.8 Å². The fraction of sp³-hybridized carbons (Fsp3) is 1.00. The first-order valence-corrected chi connectivity index (χ1v) is 5.46. The molecule has 2 atom stereocenters. The maximum absolute atomic E-state index is 5.66. The quantitative estimate of drug-likeness (QED) is 0.673. The topological polar surface area (TPSA) is 15.7 Å². The molecule has 1 saturated heterocycles. The Morgan fingerprint density at radius 3 is 2.50 bits per heavy atom. The molecule has 1 fully saturated rings. The first-order valence-electron chi connectivity index (χ1n) is 5.46. The van der Waals surface area contributed by atoms with Gasteiger partial charge in [-0.25, -0.2) is 0 Å². The molecule has 1 heterocycles. The van der Waals surface area contributed by atoms with Gasteiger partial charge in [0.2, 0.25) is 0 Å². The molecule has 3 nitrogen and oxygen atoms in total. The molecule has 1 rings (SSSR count). The summed E-state index contributed by atoms with van der Waals surface area (Å²) >= 11 is 0. The van der Waals surface area contributed by atoms with Gasteiger partial charge in [-0.2, -0.15) is 0 Å². The molecule has 2 unspecified atom stereocenters. The fourth-order valence-electron chi connectivity index (χ4n) is 2.10. The molecule has 0 aliphatic carbocycles. The van der Waals surface area contributed by atoms with E-state index in [-0.39, 0.29) is 0 Å². The minimum absolute atomic E-state index is 0.547. The second-order valence-electron chi connectivity index (χ2n) is 4.93. The molecule has 0 N–H and O–H groups in total. The second-order valence-corrected chi connectivity index (χ2v) is 4.93. The zero-order valence-corrected chi connectivity index (χ0v) is 10.2. The van der Waals surface area contributed by atoms with Crippen LogP contribution in [0.5, 0.6) is 0 Å². The number of hydrogen-bond acceptors (Lipinski definition) is 3. The number of likely N-dealkylation sites (N-methyl/N-ethyl adjacent to an activating group) is 2. The van der Waals surface area contributed by atoms with Crippen molar-refractivity contribution in [3.8, 4) is 0 Å². The summed E-state index contributed by atoms with van der Waals surface area (Å²) in [7, 11) is 6.46. The summed E-state index contributed by atoms with van der Waals surface area (Å²) in [5.74, 6) is 0.671. The number of nitrogens with zero attached hydrogens (tertiary/aromatic N) is 2. The predicted molar refractivity (Wildman–Crippen MR) is 59.6 cm³/mol. The average Bonchev–Trinajstić information content (AvgIpc) is 2.07. The Morgan fingerprint density at radius 2 is 2.00 bits per heavy atom. The normalized spacial score (nSPS) is 30.2. The lowest BCUT2D eigenvalue weighted by molar-refractivity contribution is -0.0565. The van der Waals surface area contributed by atoms with Crippen LogP contribution >= 0.6 is 0 Å². The van der Waals surface area contributed by atoms with Crippen LogP contribution in [-0.4, -0.2) is 62.8 Å². The molecule has 0 radical (unpaired) electrons. The Labute approximate surface area is 88.0 Å². The van der Waals surface area contributed by atoms with Gasteiger partial charge in [0.05, 0.1) is 13.2 Å². The van der Waals surface area contributed by atoms with Gasteiger partial charge in [0.1, 0.15) is 0 Å². The van der Waals surface area contributed by atoms with Crippen molar-refractivity contribution in [2.45, 2.75) is 25.9 Å². The van der Waals surface area contributed by atoms with E-state index in [4.69, 9.17) is 4.74 Å². The summed E-state index contributed by atoms with van der Waals surface area (Å²) in [6.07, 6.45) is 0. The van der Waals surface area contributed by atoms with Gasteiger partial charge in [-0.15, -0.1) is 0 Å². The number of morpholine rings is 1. The van der Waals surface area contributed by atoms with Crippen LogP contribution in [0.4, 0.5) is 0 Å². The van der Waals surface area contributed by atoms with Crippen LogP contribution in [0.25, 0.3) is 0 Å². The van der Waals surface area contributed by atoms with Crippen molar-refractivity contribution in [2.75, 3.05) is 40.9 Å². The maximum atomic E-state index is 5.66. The van der Waals surface area contributed by atoms with Crippen molar-refractivity contribution in [3.05, 3.63) is 0 Å². The molecular formula is C11H24N2O. The van der Waals surface area contributed by atoms with Crippen LogP contribution in [0.15, 0.2) is 0 Å². The zero-order valence-electron chi connectivity index (χ0n) is 10.2. The molecule has 3 heteroatoms. The highest BCUT2D eigenvalue weighted by Crippen LogP contribution is 2.17. The van der Waals surface area contributed by atoms with Crippen molar-refractivity contribution >= 4 is 0 Å². The van der Waals surface area contributed by atoms with Gasteiger partial charge in [0.15, 0.2) is 0 Å². The Bertz CT molecular complexity index is 171. The molecule has 0 amide bonds. The minimum atomic E-state index is 0.547. The van der Waals surface area contributed by atoms with E-state index in [2.05, 4.69) is 44.8 Å². The van der Waals surface area contributed by atoms with Crippen LogP contribution in [0.3, 0.4) is 0 Å². The van der Waals surface area contributed by atoms with Crippen molar-refractivity contribution in [1.29, 1.82) is 0 Å². The molecule has 0 spiro atoms. The standard InChI is InChI=1S/C11H24N2O/c1-9(2)11-8-14-7-10(13(11)5)6-12(3)4/h9-11H,6-8H2,1-5H3. The second kappa shape index (κ2) is 5.10. The summed E-state index contributed by atoms with van der Waals surface area (Å²) in [6.45, 7) is 7.38. The smallest absolute Gasteiger partial charge is 0.0635 e. The third kappa shape index (κ3) is 2.94. The highest BCUT2D eigenvalue weighted by atomic mass is 16.5. The van der Waals surface area contributed by atoms with E-state index >= 15 is 0 Å². The summed E-state index contributed by atoms with van der Waals surface area (Å²) in [6, 6.07) is 1.12. The molecule has 0 aromatic carbocycles. The van der Waals surface area contributed by atoms with E-state index in [9.17, 15) is 0 Å². The minimum Gasteiger partial charge on any atom is -0.378 e. The van der Waals surface area contributed by atoms with Gasteiger partial charge in [0, 0.05) is 18.6 Å². The van der Waals surface area contributed by atoms with Crippen LogP contribution in [0.2, 0.25) is 0 Å². The highest BCUT2D eigenvalue weighted by molar-refractivity contribution is 4.83. The molecule has 1 aliphatic rings. The zero-order chi connectivity index (χ0) is 10.7. The highest BCUT2D eigenvalue weighted by Gasteiger charge is 2.30. The Balaban J connectivity index is 2.52. The van der Waals surface area contributed by atoms with E-state index in [0.717, 1.165) is 19.8 Å². The summed E-state index contributed by atoms with van der Waals surface area (Å²) in [5, 5.41) is 0. The predicted octanol–water partition coefficient (Wildman–Crippen LogP) is 0.903. The van der Waals surface area contributed by atoms with Crippen LogP contribution in [0, 0.1) is 5.92 Å². The van der Waals surface area contributed by atoms with Crippen molar-refractivity contribution in [1.82, 2.24) is 9.80 Å². The molecule has 0 aromatic rings. The van der Waals surface area contributed by atoms with Gasteiger partial charge < -0.3 is 9.64 Å². The van der Waals surface area contributed by atoms with E-state index in [1.807, 2.05) is 0 Å². The summed E-state index contributed by atoms with van der Waals surface area (Å²) in [4.78, 5) is 4.71. The van der Waals surface area contributed by atoms with Gasteiger partial charge in [0.25, 0.3) is 0 Å². The molecular weight excluding hydrogens is 176 g/mol. The SMILES string of the molecule is CC(C)C1COCC(CN(C)C)N1C. The third-order valence-electron chi connectivity index (χ3n) is 3.04. The molecule has 0 saturated carbocycles. The lowest BCUT2D eigenvalue weighted by Crippen LogP contribution is -2.55. The van der Waals surface area contributed by atoms with Crippen LogP contribution < -0.4 is 0 Å². The van der Waals surface area contributed by atoms with Gasteiger partial charge >= 0.3 is 0 Å². The first kappa shape index (κ1) is 12.0. The number of rotatable bonds is 3. The van der Waals surface area contributed by atoms with Gasteiger partial charge in [-0.3, -0.25) is 4.90 Å². The van der Waals surface area contributed by atoms with Gasteiger partial charge in [-0.05, 0) is 27.1 Å². The van der Waals surface area contributed by atoms with Crippen molar-refractivity contribution < 1.29 is 4.74 Å². The van der Waals surface area contributed by atoms with Gasteiger partial charge in [-0.1, -0.05) is 13.8 Å². The lowest BCUT2D eigenvalue weighted by Gasteiger charge is -2.42. The lowest BCUT2D eigenvalue weighted by atomic mass is 10.0. The van der Waals surface area contributed by atoms with E-state index in [0.29, 0.717) is 18.0 Å². The van der Waals surface area contributed by atoms with E-state index in [1.165, 1.54) is 0 Å². The molecule has 0 bridgehead atoms. The Kier molecular flexibility index (Phi) is 4.35. The van der Waals surface area contributed by atoms with Crippen LogP contribution in [-0.2, 0) is 4.74 Å². The fourth-order valence-corrected chi connectivity index (χ4v) is 2.10. The largest absolute Gasteiger partial charge is 0.378 e.